The molecule has 0 saturated carbocycles. The molecule has 2 heterocycles. The van der Waals surface area contributed by atoms with Crippen molar-refractivity contribution >= 4 is 40.6 Å². The first-order valence-corrected chi connectivity index (χ1v) is 9.83. The molecule has 8 heteroatoms. The van der Waals surface area contributed by atoms with E-state index in [-0.39, 0.29) is 23.0 Å². The second kappa shape index (κ2) is 7.48. The molecule has 0 radical (unpaired) electrons. The molecule has 0 bridgehead atoms. The van der Waals surface area contributed by atoms with Crippen LogP contribution < -0.4 is 4.87 Å². The minimum absolute atomic E-state index is 0.0216. The third-order valence-corrected chi connectivity index (χ3v) is 5.73. The molecule has 3 aromatic rings. The summed E-state index contributed by atoms with van der Waals surface area (Å²) in [5, 5.41) is 21.4. The van der Waals surface area contributed by atoms with E-state index in [9.17, 15) is 20.0 Å². The smallest absolute Gasteiger partial charge is 0.310 e. The zero-order valence-electron chi connectivity index (χ0n) is 15.5. The van der Waals surface area contributed by atoms with Gasteiger partial charge in [-0.05, 0) is 23.6 Å². The van der Waals surface area contributed by atoms with Crippen molar-refractivity contribution in [3.8, 4) is 5.88 Å². The van der Waals surface area contributed by atoms with Gasteiger partial charge in [0, 0.05) is 29.5 Å². The maximum atomic E-state index is 12.4. The maximum absolute atomic E-state index is 12.4. The summed E-state index contributed by atoms with van der Waals surface area (Å²) in [4.78, 5) is 27.3. The summed E-state index contributed by atoms with van der Waals surface area (Å²) in [5.74, 6) is -0.126. The van der Waals surface area contributed by atoms with Crippen LogP contribution in [-0.4, -0.2) is 20.8 Å². The van der Waals surface area contributed by atoms with E-state index < -0.39 is 4.92 Å². The molecular formula is C21H17N3O4S. The third kappa shape index (κ3) is 3.50. The Hall–Kier alpha value is -3.52. The number of aryl methyl sites for hydroxylation is 1. The summed E-state index contributed by atoms with van der Waals surface area (Å²) in [6.07, 6.45) is 4.38. The Bertz CT molecular complexity index is 1220. The standard InChI is InChI=1S/C21H17N3O4S/c1-2-14-4-3-5-17-15(11-22-19(14)17)10-18-20(25)23(21(26)29-18)12-13-6-8-16(9-7-13)24(27)28/h3-11,25H,2,12H2,1H3/b15-10+. The number of allylic oxidation sites excluding steroid dienone is 1. The van der Waals surface area contributed by atoms with E-state index in [0.29, 0.717) is 10.4 Å². The molecule has 0 atom stereocenters. The summed E-state index contributed by atoms with van der Waals surface area (Å²) >= 11 is 0.951. The van der Waals surface area contributed by atoms with Crippen LogP contribution in [0.2, 0.25) is 0 Å². The maximum Gasteiger partial charge on any atom is 0.310 e. The van der Waals surface area contributed by atoms with Gasteiger partial charge < -0.3 is 5.11 Å². The second-order valence-corrected chi connectivity index (χ2v) is 7.58. The van der Waals surface area contributed by atoms with Crippen LogP contribution in [0.4, 0.5) is 11.4 Å². The highest BCUT2D eigenvalue weighted by atomic mass is 32.1. The van der Waals surface area contributed by atoms with Crippen molar-refractivity contribution in [3.63, 3.8) is 0 Å². The molecule has 0 saturated heterocycles. The average Bonchev–Trinajstić information content (AvgIpc) is 3.24. The normalized spacial score (nSPS) is 13.8. The lowest BCUT2D eigenvalue weighted by molar-refractivity contribution is -0.384. The molecule has 2 aromatic carbocycles. The minimum atomic E-state index is -0.479. The van der Waals surface area contributed by atoms with Crippen LogP contribution >= 0.6 is 11.3 Å². The number of aromatic hydroxyl groups is 1. The third-order valence-electron chi connectivity index (χ3n) is 4.81. The van der Waals surface area contributed by atoms with Crippen LogP contribution in [-0.2, 0) is 13.0 Å². The van der Waals surface area contributed by atoms with E-state index in [1.54, 1.807) is 24.4 Å². The first kappa shape index (κ1) is 18.8. The number of aromatic nitrogens is 1. The molecule has 4 rings (SSSR count). The fourth-order valence-corrected chi connectivity index (χ4v) is 4.11. The summed E-state index contributed by atoms with van der Waals surface area (Å²) < 4.78 is 1.26. The molecule has 1 aromatic heterocycles. The Balaban J connectivity index is 1.66. The van der Waals surface area contributed by atoms with Crippen molar-refractivity contribution < 1.29 is 10.0 Å². The topological polar surface area (TPSA) is 97.7 Å². The van der Waals surface area contributed by atoms with Crippen LogP contribution in [0, 0.1) is 10.1 Å². The van der Waals surface area contributed by atoms with Gasteiger partial charge in [-0.2, -0.15) is 0 Å². The van der Waals surface area contributed by atoms with Crippen molar-refractivity contribution in [2.45, 2.75) is 19.9 Å². The number of thiazole rings is 1. The number of nitro benzene ring substituents is 1. The SMILES string of the molecule is CCc1cccc2c1N=C/C2=C\c1sc(=O)n(Cc2ccc([N+](=O)[O-])cc2)c1O. The molecule has 0 aliphatic carbocycles. The highest BCUT2D eigenvalue weighted by Crippen LogP contribution is 2.37. The zero-order chi connectivity index (χ0) is 20.5. The summed E-state index contributed by atoms with van der Waals surface area (Å²) in [7, 11) is 0. The molecule has 0 amide bonds. The molecule has 0 fully saturated rings. The van der Waals surface area contributed by atoms with Crippen LogP contribution in [0.3, 0.4) is 0 Å². The van der Waals surface area contributed by atoms with Gasteiger partial charge in [0.1, 0.15) is 0 Å². The van der Waals surface area contributed by atoms with E-state index in [0.717, 1.165) is 40.1 Å². The number of para-hydroxylation sites is 1. The van der Waals surface area contributed by atoms with Gasteiger partial charge in [0.2, 0.25) is 5.88 Å². The van der Waals surface area contributed by atoms with Crippen molar-refractivity contribution in [1.29, 1.82) is 0 Å². The largest absolute Gasteiger partial charge is 0.493 e. The highest BCUT2D eigenvalue weighted by Gasteiger charge is 2.18. The van der Waals surface area contributed by atoms with Gasteiger partial charge in [-0.3, -0.25) is 24.5 Å². The van der Waals surface area contributed by atoms with Gasteiger partial charge in [0.15, 0.2) is 0 Å². The lowest BCUT2D eigenvalue weighted by atomic mass is 10.0. The fourth-order valence-electron chi connectivity index (χ4n) is 3.28. The quantitative estimate of drug-likeness (QED) is 0.501. The number of rotatable bonds is 5. The van der Waals surface area contributed by atoms with Crippen LogP contribution in [0.1, 0.15) is 28.5 Å². The summed E-state index contributed by atoms with van der Waals surface area (Å²) in [6.45, 7) is 2.20. The predicted octanol–water partition coefficient (Wildman–Crippen LogP) is 4.39. The van der Waals surface area contributed by atoms with Crippen molar-refractivity contribution in [3.05, 3.63) is 83.8 Å². The number of nitrogens with zero attached hydrogens (tertiary/aromatic N) is 3. The van der Waals surface area contributed by atoms with Gasteiger partial charge in [-0.25, -0.2) is 0 Å². The molecular weight excluding hydrogens is 390 g/mol. The Morgan fingerprint density at radius 1 is 1.24 bits per heavy atom. The number of fused-ring (bicyclic) bond motifs is 1. The number of benzene rings is 2. The van der Waals surface area contributed by atoms with E-state index in [1.807, 2.05) is 18.2 Å². The van der Waals surface area contributed by atoms with Gasteiger partial charge in [-0.1, -0.05) is 48.6 Å². The van der Waals surface area contributed by atoms with Crippen molar-refractivity contribution in [1.82, 2.24) is 4.57 Å². The van der Waals surface area contributed by atoms with Gasteiger partial charge in [-0.15, -0.1) is 0 Å². The first-order chi connectivity index (χ1) is 14.0. The molecule has 1 N–H and O–H groups in total. The lowest BCUT2D eigenvalue weighted by Gasteiger charge is -2.05. The zero-order valence-corrected chi connectivity index (χ0v) is 16.3. The van der Waals surface area contributed by atoms with Gasteiger partial charge >= 0.3 is 4.87 Å². The van der Waals surface area contributed by atoms with Crippen LogP contribution in [0.25, 0.3) is 11.6 Å². The van der Waals surface area contributed by atoms with E-state index in [2.05, 4.69) is 11.9 Å². The number of non-ortho nitro benzene ring substituents is 1. The van der Waals surface area contributed by atoms with Crippen molar-refractivity contribution in [2.75, 3.05) is 0 Å². The monoisotopic (exact) mass is 407 g/mol. The molecule has 146 valence electrons. The van der Waals surface area contributed by atoms with Gasteiger partial charge in [0.25, 0.3) is 5.69 Å². The molecule has 0 unspecified atom stereocenters. The Morgan fingerprint density at radius 3 is 2.69 bits per heavy atom. The number of nitro groups is 1. The molecule has 1 aliphatic rings. The van der Waals surface area contributed by atoms with Crippen molar-refractivity contribution in [2.24, 2.45) is 4.99 Å². The van der Waals surface area contributed by atoms with Crippen LogP contribution in [0.15, 0.2) is 52.3 Å². The first-order valence-electron chi connectivity index (χ1n) is 9.02. The van der Waals surface area contributed by atoms with E-state index >= 15 is 0 Å². The van der Waals surface area contributed by atoms with E-state index in [1.165, 1.54) is 16.7 Å². The molecule has 29 heavy (non-hydrogen) atoms. The number of hydrogen-bond donors (Lipinski definition) is 1. The molecule has 1 aliphatic heterocycles. The molecule has 7 nitrogen and oxygen atoms in total. The Labute approximate surface area is 170 Å². The van der Waals surface area contributed by atoms with Crippen LogP contribution in [0.5, 0.6) is 5.88 Å². The second-order valence-electron chi connectivity index (χ2n) is 6.59. The lowest BCUT2D eigenvalue weighted by Crippen LogP contribution is -2.13. The summed E-state index contributed by atoms with van der Waals surface area (Å²) in [5.41, 5.74) is 4.56. The highest BCUT2D eigenvalue weighted by molar-refractivity contribution is 7.10. The van der Waals surface area contributed by atoms with Gasteiger partial charge in [0.05, 0.1) is 22.0 Å². The fraction of sp³-hybridized carbons (Fsp3) is 0.143. The average molecular weight is 407 g/mol. The molecule has 0 spiro atoms. The summed E-state index contributed by atoms with van der Waals surface area (Å²) in [6, 6.07) is 11.9. The number of hydrogen-bond acceptors (Lipinski definition) is 6. The predicted molar refractivity (Wildman–Crippen MR) is 114 cm³/mol. The van der Waals surface area contributed by atoms with E-state index in [4.69, 9.17) is 0 Å². The number of aliphatic imine (C=N–C) groups is 1. The Morgan fingerprint density at radius 2 is 2.00 bits per heavy atom. The Kier molecular flexibility index (Phi) is 4.85. The minimum Gasteiger partial charge on any atom is -0.493 e.